The smallest absolute Gasteiger partial charge is 0.263 e. The minimum Gasteiger partial charge on any atom is -0.371 e. The predicted molar refractivity (Wildman–Crippen MR) is 90.7 cm³/mol. The molecule has 4 nitrogen and oxygen atoms in total. The highest BCUT2D eigenvalue weighted by Gasteiger charge is 2.43. The van der Waals surface area contributed by atoms with E-state index in [0.29, 0.717) is 11.5 Å². The summed E-state index contributed by atoms with van der Waals surface area (Å²) in [5.74, 6) is 0.0740. The molecule has 2 atom stereocenters. The monoisotopic (exact) mass is 334 g/mol. The summed E-state index contributed by atoms with van der Waals surface area (Å²) in [5.41, 5.74) is 0.385. The molecule has 1 aromatic heterocycles. The summed E-state index contributed by atoms with van der Waals surface area (Å²) in [6, 6.07) is 0.361. The van der Waals surface area contributed by atoms with E-state index in [1.165, 1.54) is 56.3 Å². The van der Waals surface area contributed by atoms with Crippen LogP contribution in [0, 0.1) is 5.41 Å². The van der Waals surface area contributed by atoms with Crippen molar-refractivity contribution < 1.29 is 9.53 Å². The van der Waals surface area contributed by atoms with E-state index in [1.54, 1.807) is 6.20 Å². The van der Waals surface area contributed by atoms with Gasteiger partial charge in [0.05, 0.1) is 6.20 Å². The molecule has 2 aliphatic carbocycles. The van der Waals surface area contributed by atoms with Crippen LogP contribution >= 0.6 is 11.3 Å². The summed E-state index contributed by atoms with van der Waals surface area (Å²) in [6.45, 7) is 0.816. The number of ether oxygens (including phenoxy) is 1. The molecule has 126 valence electrons. The van der Waals surface area contributed by atoms with Crippen molar-refractivity contribution in [1.29, 1.82) is 0 Å². The minimum absolute atomic E-state index is 0.0740. The maximum Gasteiger partial charge on any atom is 0.263 e. The summed E-state index contributed by atoms with van der Waals surface area (Å²) in [7, 11) is 0. The van der Waals surface area contributed by atoms with Crippen LogP contribution in [0.25, 0.3) is 0 Å². The first-order valence-electron chi connectivity index (χ1n) is 9.15. The van der Waals surface area contributed by atoms with E-state index in [9.17, 15) is 4.79 Å². The molecule has 1 amide bonds. The molecule has 3 aliphatic rings. The zero-order chi connectivity index (χ0) is 15.7. The van der Waals surface area contributed by atoms with Crippen molar-refractivity contribution in [3.05, 3.63) is 16.1 Å². The average Bonchev–Trinajstić information content (AvgIpc) is 3.31. The Morgan fingerprint density at radius 1 is 1.17 bits per heavy atom. The lowest BCUT2D eigenvalue weighted by atomic mass is 9.69. The number of carbonyl (C=O) groups excluding carboxylic acids is 1. The second-order valence-corrected chi connectivity index (χ2v) is 8.47. The van der Waals surface area contributed by atoms with Gasteiger partial charge in [0.2, 0.25) is 0 Å². The average molecular weight is 334 g/mol. The Kier molecular flexibility index (Phi) is 4.41. The van der Waals surface area contributed by atoms with Crippen LogP contribution in [0.3, 0.4) is 0 Å². The first kappa shape index (κ1) is 15.6. The molecule has 2 unspecified atom stereocenters. The van der Waals surface area contributed by atoms with Gasteiger partial charge in [-0.3, -0.25) is 4.79 Å². The van der Waals surface area contributed by atoms with Crippen LogP contribution in [-0.4, -0.2) is 23.5 Å². The summed E-state index contributed by atoms with van der Waals surface area (Å²) in [4.78, 5) is 17.9. The van der Waals surface area contributed by atoms with Gasteiger partial charge in [-0.05, 0) is 43.9 Å². The lowest BCUT2D eigenvalue weighted by Gasteiger charge is -2.41. The Bertz CT molecular complexity index is 559. The van der Waals surface area contributed by atoms with E-state index in [1.807, 2.05) is 0 Å². The Morgan fingerprint density at radius 2 is 1.96 bits per heavy atom. The molecule has 23 heavy (non-hydrogen) atoms. The summed E-state index contributed by atoms with van der Waals surface area (Å²) in [5, 5.41) is 4.33. The van der Waals surface area contributed by atoms with Gasteiger partial charge in [0.15, 0.2) is 0 Å². The van der Waals surface area contributed by atoms with Crippen LogP contribution in [0.4, 0.5) is 0 Å². The molecule has 3 fully saturated rings. The van der Waals surface area contributed by atoms with Gasteiger partial charge in [-0.1, -0.05) is 25.7 Å². The van der Waals surface area contributed by atoms with Crippen LogP contribution < -0.4 is 5.32 Å². The molecule has 1 spiro atoms. The molecule has 0 bridgehead atoms. The van der Waals surface area contributed by atoms with E-state index in [4.69, 9.17) is 4.74 Å². The second kappa shape index (κ2) is 6.52. The van der Waals surface area contributed by atoms with Gasteiger partial charge >= 0.3 is 0 Å². The number of aromatic nitrogens is 1. The van der Waals surface area contributed by atoms with Gasteiger partial charge < -0.3 is 10.1 Å². The molecule has 5 heteroatoms. The lowest BCUT2D eigenvalue weighted by Crippen LogP contribution is -2.48. The molecule has 1 saturated heterocycles. The van der Waals surface area contributed by atoms with Crippen molar-refractivity contribution in [2.75, 3.05) is 6.61 Å². The topological polar surface area (TPSA) is 51.2 Å². The third-order valence-electron chi connectivity index (χ3n) is 6.01. The summed E-state index contributed by atoms with van der Waals surface area (Å²) >= 11 is 1.51. The number of nitrogens with one attached hydrogen (secondary N) is 1. The Balaban J connectivity index is 1.44. The zero-order valence-corrected chi connectivity index (χ0v) is 14.5. The zero-order valence-electron chi connectivity index (χ0n) is 13.7. The van der Waals surface area contributed by atoms with Gasteiger partial charge in [-0.15, -0.1) is 11.3 Å². The molecule has 2 heterocycles. The van der Waals surface area contributed by atoms with Gasteiger partial charge in [0.25, 0.3) is 5.91 Å². The SMILES string of the molecule is O=C(NC1CCCCC12CCCC2)c1cnc(C2CCCO2)s1. The van der Waals surface area contributed by atoms with E-state index in [2.05, 4.69) is 10.3 Å². The minimum atomic E-state index is 0.0740. The first-order chi connectivity index (χ1) is 11.3. The molecule has 0 radical (unpaired) electrons. The van der Waals surface area contributed by atoms with Crippen molar-refractivity contribution in [1.82, 2.24) is 10.3 Å². The number of nitrogens with zero attached hydrogens (tertiary/aromatic N) is 1. The van der Waals surface area contributed by atoms with Crippen molar-refractivity contribution in [2.45, 2.75) is 76.4 Å². The maximum atomic E-state index is 12.7. The van der Waals surface area contributed by atoms with Crippen LogP contribution in [0.2, 0.25) is 0 Å². The predicted octanol–water partition coefficient (Wildman–Crippen LogP) is 4.23. The number of thiazole rings is 1. The molecular weight excluding hydrogens is 308 g/mol. The van der Waals surface area contributed by atoms with Crippen LogP contribution in [0.1, 0.15) is 85.0 Å². The highest BCUT2D eigenvalue weighted by molar-refractivity contribution is 7.13. The van der Waals surface area contributed by atoms with Crippen LogP contribution in [0.5, 0.6) is 0 Å². The quantitative estimate of drug-likeness (QED) is 0.900. The number of carbonyl (C=O) groups is 1. The lowest BCUT2D eigenvalue weighted by molar-refractivity contribution is 0.0809. The fraction of sp³-hybridized carbons (Fsp3) is 0.778. The highest BCUT2D eigenvalue weighted by atomic mass is 32.1. The van der Waals surface area contributed by atoms with Gasteiger partial charge in [0.1, 0.15) is 16.0 Å². The van der Waals surface area contributed by atoms with E-state index < -0.39 is 0 Å². The molecular formula is C18H26N2O2S. The third kappa shape index (κ3) is 3.05. The van der Waals surface area contributed by atoms with E-state index in [-0.39, 0.29) is 12.0 Å². The van der Waals surface area contributed by atoms with Gasteiger partial charge in [0, 0.05) is 12.6 Å². The summed E-state index contributed by atoms with van der Waals surface area (Å²) < 4.78 is 5.67. The normalized spacial score (nSPS) is 29.9. The number of hydrogen-bond acceptors (Lipinski definition) is 4. The third-order valence-corrected chi connectivity index (χ3v) is 7.10. The molecule has 1 aliphatic heterocycles. The van der Waals surface area contributed by atoms with Crippen molar-refractivity contribution in [2.24, 2.45) is 5.41 Å². The molecule has 0 aromatic carbocycles. The maximum absolute atomic E-state index is 12.7. The standard InChI is InChI=1S/C18H26N2O2S/c21-16(14-12-19-17(23-14)13-6-5-11-22-13)20-15-7-1-2-8-18(15)9-3-4-10-18/h12-13,15H,1-11H2,(H,20,21). The fourth-order valence-electron chi connectivity index (χ4n) is 4.75. The van der Waals surface area contributed by atoms with Crippen molar-refractivity contribution in [3.63, 3.8) is 0 Å². The molecule has 1 N–H and O–H groups in total. The highest BCUT2D eigenvalue weighted by Crippen LogP contribution is 2.49. The first-order valence-corrected chi connectivity index (χ1v) is 9.97. The molecule has 2 saturated carbocycles. The number of hydrogen-bond donors (Lipinski definition) is 1. The summed E-state index contributed by atoms with van der Waals surface area (Å²) in [6.07, 6.45) is 14.2. The molecule has 1 aromatic rings. The molecule has 4 rings (SSSR count). The number of rotatable bonds is 3. The van der Waals surface area contributed by atoms with Gasteiger partial charge in [-0.2, -0.15) is 0 Å². The number of amides is 1. The Hall–Kier alpha value is -0.940. The largest absolute Gasteiger partial charge is 0.371 e. The van der Waals surface area contributed by atoms with E-state index >= 15 is 0 Å². The van der Waals surface area contributed by atoms with Gasteiger partial charge in [-0.25, -0.2) is 4.98 Å². The van der Waals surface area contributed by atoms with Crippen molar-refractivity contribution in [3.8, 4) is 0 Å². The Labute approximate surface area is 142 Å². The van der Waals surface area contributed by atoms with Crippen molar-refractivity contribution >= 4 is 17.2 Å². The van der Waals surface area contributed by atoms with Crippen LogP contribution in [-0.2, 0) is 4.74 Å². The second-order valence-electron chi connectivity index (χ2n) is 7.41. The fourth-order valence-corrected chi connectivity index (χ4v) is 5.66. The van der Waals surface area contributed by atoms with E-state index in [0.717, 1.165) is 35.8 Å². The Morgan fingerprint density at radius 3 is 2.70 bits per heavy atom. The van der Waals surface area contributed by atoms with Crippen LogP contribution in [0.15, 0.2) is 6.20 Å².